The van der Waals surface area contributed by atoms with Crippen LogP contribution in [0.5, 0.6) is 0 Å². The van der Waals surface area contributed by atoms with Crippen LogP contribution in [-0.2, 0) is 13.5 Å². The van der Waals surface area contributed by atoms with Gasteiger partial charge in [0.2, 0.25) is 0 Å². The minimum atomic E-state index is 0.689. The lowest BCUT2D eigenvalue weighted by Gasteiger charge is -2.02. The van der Waals surface area contributed by atoms with E-state index >= 15 is 0 Å². The molecule has 1 aromatic rings. The second-order valence-electron chi connectivity index (χ2n) is 3.47. The smallest absolute Gasteiger partial charge is 0.109 e. The summed E-state index contributed by atoms with van der Waals surface area (Å²) in [6.45, 7) is 0.689. The third kappa shape index (κ3) is 1.25. The van der Waals surface area contributed by atoms with Crippen molar-refractivity contribution in [3.05, 3.63) is 17.7 Å². The van der Waals surface area contributed by atoms with E-state index in [1.165, 1.54) is 18.5 Å². The van der Waals surface area contributed by atoms with Gasteiger partial charge in [-0.3, -0.25) is 0 Å². The second kappa shape index (κ2) is 2.90. The predicted octanol–water partition coefficient (Wildman–Crippen LogP) is 0.799. The summed E-state index contributed by atoms with van der Waals surface area (Å²) in [6, 6.07) is 0. The molecule has 2 N–H and O–H groups in total. The highest BCUT2D eigenvalue weighted by molar-refractivity contribution is 5.15. The van der Waals surface area contributed by atoms with E-state index in [-0.39, 0.29) is 0 Å². The molecule has 3 heteroatoms. The van der Waals surface area contributed by atoms with Crippen LogP contribution < -0.4 is 5.73 Å². The minimum Gasteiger partial charge on any atom is -0.335 e. The SMILES string of the molecule is Cn1c(C2CC2)cnc1CCN. The fraction of sp³-hybridized carbons (Fsp3) is 0.667. The molecular formula is C9H15N3. The molecule has 0 bridgehead atoms. The van der Waals surface area contributed by atoms with Crippen molar-refractivity contribution in [2.75, 3.05) is 6.54 Å². The zero-order valence-electron chi connectivity index (χ0n) is 7.45. The van der Waals surface area contributed by atoms with Gasteiger partial charge in [0, 0.05) is 31.3 Å². The molecule has 1 aliphatic rings. The van der Waals surface area contributed by atoms with Crippen molar-refractivity contribution >= 4 is 0 Å². The fourth-order valence-corrected chi connectivity index (χ4v) is 1.58. The highest BCUT2D eigenvalue weighted by Gasteiger charge is 2.26. The van der Waals surface area contributed by atoms with Crippen LogP contribution in [0.1, 0.15) is 30.3 Å². The standard InChI is InChI=1S/C9H15N3/c1-12-8(7-2-3-7)6-11-9(12)4-5-10/h6-7H,2-5,10H2,1H3. The molecule has 3 nitrogen and oxygen atoms in total. The third-order valence-electron chi connectivity index (χ3n) is 2.48. The number of nitrogens with zero attached hydrogens (tertiary/aromatic N) is 2. The molecule has 12 heavy (non-hydrogen) atoms. The highest BCUT2D eigenvalue weighted by Crippen LogP contribution is 2.39. The lowest BCUT2D eigenvalue weighted by atomic mass is 10.3. The van der Waals surface area contributed by atoms with Crippen LogP contribution >= 0.6 is 0 Å². The zero-order chi connectivity index (χ0) is 8.55. The first-order valence-corrected chi connectivity index (χ1v) is 4.53. The first kappa shape index (κ1) is 7.80. The molecule has 0 radical (unpaired) electrons. The van der Waals surface area contributed by atoms with Gasteiger partial charge in [-0.2, -0.15) is 0 Å². The normalized spacial score (nSPS) is 16.8. The molecule has 1 aliphatic carbocycles. The lowest BCUT2D eigenvalue weighted by Crippen LogP contribution is -2.08. The maximum absolute atomic E-state index is 5.48. The number of nitrogens with two attached hydrogens (primary N) is 1. The van der Waals surface area contributed by atoms with Crippen LogP contribution in [0.15, 0.2) is 6.20 Å². The van der Waals surface area contributed by atoms with E-state index in [9.17, 15) is 0 Å². The van der Waals surface area contributed by atoms with Crippen molar-refractivity contribution in [2.24, 2.45) is 12.8 Å². The van der Waals surface area contributed by atoms with Gasteiger partial charge in [-0.05, 0) is 19.4 Å². The summed E-state index contributed by atoms with van der Waals surface area (Å²) in [5.41, 5.74) is 6.86. The predicted molar refractivity (Wildman–Crippen MR) is 47.9 cm³/mol. The molecule has 0 unspecified atom stereocenters. The van der Waals surface area contributed by atoms with Gasteiger partial charge in [0.1, 0.15) is 5.82 Å². The summed E-state index contributed by atoms with van der Waals surface area (Å²) in [7, 11) is 2.09. The summed E-state index contributed by atoms with van der Waals surface area (Å²) in [4.78, 5) is 4.35. The number of hydrogen-bond donors (Lipinski definition) is 1. The van der Waals surface area contributed by atoms with Crippen molar-refractivity contribution in [1.82, 2.24) is 9.55 Å². The molecule has 1 heterocycles. The quantitative estimate of drug-likeness (QED) is 0.720. The van der Waals surface area contributed by atoms with Crippen LogP contribution in [0, 0.1) is 0 Å². The molecule has 0 saturated heterocycles. The monoisotopic (exact) mass is 165 g/mol. The zero-order valence-corrected chi connectivity index (χ0v) is 7.45. The summed E-state index contributed by atoms with van der Waals surface area (Å²) >= 11 is 0. The first-order chi connectivity index (χ1) is 5.83. The maximum Gasteiger partial charge on any atom is 0.109 e. The Kier molecular flexibility index (Phi) is 1.89. The van der Waals surface area contributed by atoms with Crippen molar-refractivity contribution in [3.63, 3.8) is 0 Å². The van der Waals surface area contributed by atoms with Gasteiger partial charge < -0.3 is 10.3 Å². The molecule has 2 rings (SSSR count). The highest BCUT2D eigenvalue weighted by atomic mass is 15.1. The lowest BCUT2D eigenvalue weighted by molar-refractivity contribution is 0.741. The van der Waals surface area contributed by atoms with Gasteiger partial charge in [-0.1, -0.05) is 0 Å². The average molecular weight is 165 g/mol. The van der Waals surface area contributed by atoms with Crippen LogP contribution in [0.3, 0.4) is 0 Å². The van der Waals surface area contributed by atoms with Crippen LogP contribution in [0.2, 0.25) is 0 Å². The molecule has 1 aromatic heterocycles. The molecule has 0 amide bonds. The summed E-state index contributed by atoms with van der Waals surface area (Å²) in [5.74, 6) is 1.91. The number of imidazole rings is 1. The summed E-state index contributed by atoms with van der Waals surface area (Å²) in [5, 5.41) is 0. The summed E-state index contributed by atoms with van der Waals surface area (Å²) < 4.78 is 2.20. The Balaban J connectivity index is 2.21. The van der Waals surface area contributed by atoms with E-state index in [0.29, 0.717) is 6.54 Å². The first-order valence-electron chi connectivity index (χ1n) is 4.53. The van der Waals surface area contributed by atoms with E-state index in [0.717, 1.165) is 18.2 Å². The largest absolute Gasteiger partial charge is 0.335 e. The Bertz CT molecular complexity index is 273. The molecular weight excluding hydrogens is 150 g/mol. The van der Waals surface area contributed by atoms with Gasteiger partial charge in [-0.25, -0.2) is 4.98 Å². The van der Waals surface area contributed by atoms with E-state index in [1.807, 2.05) is 6.20 Å². The van der Waals surface area contributed by atoms with Gasteiger partial charge in [0.15, 0.2) is 0 Å². The molecule has 66 valence electrons. The van der Waals surface area contributed by atoms with Gasteiger partial charge in [0.25, 0.3) is 0 Å². The maximum atomic E-state index is 5.48. The molecule has 1 fully saturated rings. The number of aromatic nitrogens is 2. The van der Waals surface area contributed by atoms with E-state index in [4.69, 9.17) is 5.73 Å². The average Bonchev–Trinajstić information content (AvgIpc) is 2.82. The van der Waals surface area contributed by atoms with Gasteiger partial charge in [0.05, 0.1) is 0 Å². The Morgan fingerprint density at radius 3 is 3.00 bits per heavy atom. The van der Waals surface area contributed by atoms with E-state index < -0.39 is 0 Å². The molecule has 0 atom stereocenters. The Hall–Kier alpha value is -0.830. The van der Waals surface area contributed by atoms with Crippen LogP contribution in [0.25, 0.3) is 0 Å². The van der Waals surface area contributed by atoms with Crippen molar-refractivity contribution < 1.29 is 0 Å². The molecule has 0 aromatic carbocycles. The number of rotatable bonds is 3. The third-order valence-corrected chi connectivity index (χ3v) is 2.48. The van der Waals surface area contributed by atoms with E-state index in [1.54, 1.807) is 0 Å². The fourth-order valence-electron chi connectivity index (χ4n) is 1.58. The van der Waals surface area contributed by atoms with Crippen molar-refractivity contribution in [3.8, 4) is 0 Å². The van der Waals surface area contributed by atoms with Crippen molar-refractivity contribution in [2.45, 2.75) is 25.2 Å². The molecule has 0 aliphatic heterocycles. The van der Waals surface area contributed by atoms with Crippen LogP contribution in [-0.4, -0.2) is 16.1 Å². The Morgan fingerprint density at radius 1 is 1.67 bits per heavy atom. The van der Waals surface area contributed by atoms with Crippen molar-refractivity contribution in [1.29, 1.82) is 0 Å². The Labute approximate surface area is 72.6 Å². The Morgan fingerprint density at radius 2 is 2.42 bits per heavy atom. The number of hydrogen-bond acceptors (Lipinski definition) is 2. The summed E-state index contributed by atoms with van der Waals surface area (Å²) in [6.07, 6.45) is 5.56. The minimum absolute atomic E-state index is 0.689. The molecule has 1 saturated carbocycles. The second-order valence-corrected chi connectivity index (χ2v) is 3.47. The topological polar surface area (TPSA) is 43.8 Å². The van der Waals surface area contributed by atoms with Crippen LogP contribution in [0.4, 0.5) is 0 Å². The molecule has 0 spiro atoms. The van der Waals surface area contributed by atoms with Gasteiger partial charge in [-0.15, -0.1) is 0 Å². The van der Waals surface area contributed by atoms with E-state index in [2.05, 4.69) is 16.6 Å². The van der Waals surface area contributed by atoms with Gasteiger partial charge >= 0.3 is 0 Å².